The Balaban J connectivity index is 1.51. The zero-order valence-electron chi connectivity index (χ0n) is 19.8. The molecule has 1 aromatic heterocycles. The van der Waals surface area contributed by atoms with Gasteiger partial charge < -0.3 is 30.3 Å². The molecule has 0 saturated carbocycles. The van der Waals surface area contributed by atoms with Gasteiger partial charge >= 0.3 is 6.03 Å². The van der Waals surface area contributed by atoms with Gasteiger partial charge in [-0.05, 0) is 42.7 Å². The molecule has 4 rings (SSSR count). The van der Waals surface area contributed by atoms with Crippen molar-refractivity contribution in [1.82, 2.24) is 10.3 Å². The SMILES string of the molecule is COc1cc(NC(=O)Nc2ccc(N3CCCC3)c(C(=O)NCc3cccnc3)c2)cc(OC)c1. The molecule has 1 aliphatic rings. The summed E-state index contributed by atoms with van der Waals surface area (Å²) in [5.74, 6) is 0.904. The van der Waals surface area contributed by atoms with E-state index < -0.39 is 6.03 Å². The van der Waals surface area contributed by atoms with Crippen molar-refractivity contribution in [3.8, 4) is 11.5 Å². The lowest BCUT2D eigenvalue weighted by atomic mass is 10.1. The highest BCUT2D eigenvalue weighted by molar-refractivity contribution is 6.04. The number of aromatic nitrogens is 1. The number of amides is 3. The summed E-state index contributed by atoms with van der Waals surface area (Å²) in [4.78, 5) is 32.1. The van der Waals surface area contributed by atoms with E-state index in [1.165, 1.54) is 0 Å². The van der Waals surface area contributed by atoms with Gasteiger partial charge in [0, 0.05) is 67.3 Å². The molecule has 9 heteroatoms. The highest BCUT2D eigenvalue weighted by Gasteiger charge is 2.20. The molecule has 0 radical (unpaired) electrons. The highest BCUT2D eigenvalue weighted by Crippen LogP contribution is 2.29. The number of benzene rings is 2. The number of nitrogens with one attached hydrogen (secondary N) is 3. The minimum absolute atomic E-state index is 0.211. The number of methoxy groups -OCH3 is 2. The van der Waals surface area contributed by atoms with Gasteiger partial charge in [-0.25, -0.2) is 4.79 Å². The van der Waals surface area contributed by atoms with Crippen molar-refractivity contribution < 1.29 is 19.1 Å². The van der Waals surface area contributed by atoms with Gasteiger partial charge in [0.2, 0.25) is 0 Å². The first-order valence-electron chi connectivity index (χ1n) is 11.4. The third kappa shape index (κ3) is 6.20. The molecule has 3 aromatic rings. The molecule has 0 unspecified atom stereocenters. The van der Waals surface area contributed by atoms with Crippen LogP contribution in [-0.4, -0.2) is 44.2 Å². The van der Waals surface area contributed by atoms with Crippen LogP contribution in [0.2, 0.25) is 0 Å². The van der Waals surface area contributed by atoms with Crippen LogP contribution >= 0.6 is 0 Å². The fourth-order valence-electron chi connectivity index (χ4n) is 3.98. The van der Waals surface area contributed by atoms with Crippen LogP contribution in [0.4, 0.5) is 21.9 Å². The van der Waals surface area contributed by atoms with Crippen LogP contribution in [-0.2, 0) is 6.54 Å². The molecule has 1 fully saturated rings. The van der Waals surface area contributed by atoms with Crippen molar-refractivity contribution in [1.29, 1.82) is 0 Å². The molecule has 35 heavy (non-hydrogen) atoms. The number of carbonyl (C=O) groups is 2. The average Bonchev–Trinajstić information content (AvgIpc) is 3.42. The standard InChI is InChI=1S/C26H29N5O4/c1-34-21-12-20(13-22(15-21)35-2)30-26(33)29-19-7-8-24(31-10-3-4-11-31)23(14-19)25(32)28-17-18-6-5-9-27-16-18/h5-9,12-16H,3-4,10-11,17H2,1-2H3,(H,28,32)(H2,29,30,33). The molecule has 1 saturated heterocycles. The van der Waals surface area contributed by atoms with Crippen molar-refractivity contribution in [2.75, 3.05) is 42.8 Å². The van der Waals surface area contributed by atoms with Gasteiger partial charge in [-0.3, -0.25) is 9.78 Å². The Hall–Kier alpha value is -4.27. The average molecular weight is 476 g/mol. The molecule has 1 aliphatic heterocycles. The van der Waals surface area contributed by atoms with E-state index in [0.29, 0.717) is 35.0 Å². The molecule has 3 amide bonds. The van der Waals surface area contributed by atoms with Crippen molar-refractivity contribution >= 4 is 29.0 Å². The van der Waals surface area contributed by atoms with Crippen LogP contribution in [0.3, 0.4) is 0 Å². The summed E-state index contributed by atoms with van der Waals surface area (Å²) in [5, 5.41) is 8.55. The van der Waals surface area contributed by atoms with Gasteiger partial charge in [-0.1, -0.05) is 6.07 Å². The third-order valence-corrected chi connectivity index (χ3v) is 5.73. The lowest BCUT2D eigenvalue weighted by Crippen LogP contribution is -2.27. The van der Waals surface area contributed by atoms with Crippen LogP contribution in [0.15, 0.2) is 60.9 Å². The summed E-state index contributed by atoms with van der Waals surface area (Å²) < 4.78 is 10.5. The zero-order valence-corrected chi connectivity index (χ0v) is 19.8. The molecule has 0 spiro atoms. The van der Waals surface area contributed by atoms with E-state index in [2.05, 4.69) is 25.8 Å². The maximum atomic E-state index is 13.2. The number of hydrogen-bond acceptors (Lipinski definition) is 6. The number of hydrogen-bond donors (Lipinski definition) is 3. The number of urea groups is 1. The van der Waals surface area contributed by atoms with Crippen LogP contribution in [0, 0.1) is 0 Å². The van der Waals surface area contributed by atoms with Crippen molar-refractivity contribution in [3.05, 3.63) is 72.1 Å². The Kier molecular flexibility index (Phi) is 7.67. The lowest BCUT2D eigenvalue weighted by Gasteiger charge is -2.22. The smallest absolute Gasteiger partial charge is 0.323 e. The first-order chi connectivity index (χ1) is 17.1. The van der Waals surface area contributed by atoms with Gasteiger partial charge in [0.1, 0.15) is 11.5 Å². The molecule has 2 heterocycles. The van der Waals surface area contributed by atoms with Gasteiger partial charge in [0.05, 0.1) is 19.8 Å². The molecular formula is C26H29N5O4. The monoisotopic (exact) mass is 475 g/mol. The first-order valence-corrected chi connectivity index (χ1v) is 11.4. The molecule has 2 aromatic carbocycles. The van der Waals surface area contributed by atoms with E-state index in [0.717, 1.165) is 37.2 Å². The Morgan fingerprint density at radius 1 is 0.943 bits per heavy atom. The Morgan fingerprint density at radius 3 is 2.31 bits per heavy atom. The summed E-state index contributed by atoms with van der Waals surface area (Å²) in [6.45, 7) is 2.16. The van der Waals surface area contributed by atoms with E-state index >= 15 is 0 Å². The second kappa shape index (κ2) is 11.2. The van der Waals surface area contributed by atoms with Crippen molar-refractivity contribution in [2.24, 2.45) is 0 Å². The number of nitrogens with zero attached hydrogens (tertiary/aromatic N) is 2. The molecule has 9 nitrogen and oxygen atoms in total. The summed E-state index contributed by atoms with van der Waals surface area (Å²) >= 11 is 0. The first kappa shape index (κ1) is 23.9. The molecular weight excluding hydrogens is 446 g/mol. The number of rotatable bonds is 8. The van der Waals surface area contributed by atoms with Crippen molar-refractivity contribution in [2.45, 2.75) is 19.4 Å². The maximum absolute atomic E-state index is 13.2. The van der Waals surface area contributed by atoms with Crippen LogP contribution in [0.5, 0.6) is 11.5 Å². The minimum Gasteiger partial charge on any atom is -0.497 e. The van der Waals surface area contributed by atoms with E-state index in [4.69, 9.17) is 9.47 Å². The lowest BCUT2D eigenvalue weighted by molar-refractivity contribution is 0.0951. The van der Waals surface area contributed by atoms with Crippen LogP contribution in [0.1, 0.15) is 28.8 Å². The number of ether oxygens (including phenoxy) is 2. The van der Waals surface area contributed by atoms with Crippen LogP contribution < -0.4 is 30.3 Å². The largest absolute Gasteiger partial charge is 0.497 e. The number of carbonyl (C=O) groups excluding carboxylic acids is 2. The van der Waals surface area contributed by atoms with Crippen LogP contribution in [0.25, 0.3) is 0 Å². The highest BCUT2D eigenvalue weighted by atomic mass is 16.5. The normalized spacial score (nSPS) is 12.7. The zero-order chi connectivity index (χ0) is 24.6. The fourth-order valence-corrected chi connectivity index (χ4v) is 3.98. The van der Waals surface area contributed by atoms with Gasteiger partial charge in [0.25, 0.3) is 5.91 Å². The summed E-state index contributed by atoms with van der Waals surface area (Å²) in [6, 6.07) is 13.8. The Bertz CT molecular complexity index is 1160. The third-order valence-electron chi connectivity index (χ3n) is 5.73. The predicted octanol–water partition coefficient (Wildman–Crippen LogP) is 4.27. The quantitative estimate of drug-likeness (QED) is 0.449. The molecule has 0 aliphatic carbocycles. The summed E-state index contributed by atoms with van der Waals surface area (Å²) in [5.41, 5.74) is 3.30. The van der Waals surface area contributed by atoms with E-state index in [9.17, 15) is 9.59 Å². The molecule has 182 valence electrons. The van der Waals surface area contributed by atoms with E-state index in [1.807, 2.05) is 18.2 Å². The Labute approximate surface area is 204 Å². The molecule has 3 N–H and O–H groups in total. The number of pyridine rings is 1. The van der Waals surface area contributed by atoms with Gasteiger partial charge in [0.15, 0.2) is 0 Å². The minimum atomic E-state index is -0.448. The van der Waals surface area contributed by atoms with E-state index in [1.54, 1.807) is 56.9 Å². The van der Waals surface area contributed by atoms with E-state index in [-0.39, 0.29) is 5.91 Å². The van der Waals surface area contributed by atoms with Gasteiger partial charge in [-0.2, -0.15) is 0 Å². The topological polar surface area (TPSA) is 105 Å². The Morgan fingerprint density at radius 2 is 1.66 bits per heavy atom. The van der Waals surface area contributed by atoms with Gasteiger partial charge in [-0.15, -0.1) is 0 Å². The molecule has 0 bridgehead atoms. The second-order valence-electron chi connectivity index (χ2n) is 8.15. The second-order valence-corrected chi connectivity index (χ2v) is 8.15. The number of anilines is 3. The summed E-state index contributed by atoms with van der Waals surface area (Å²) in [6.07, 6.45) is 5.59. The fraction of sp³-hybridized carbons (Fsp3) is 0.269. The predicted molar refractivity (Wildman–Crippen MR) is 135 cm³/mol. The molecule has 0 atom stereocenters. The summed E-state index contributed by atoms with van der Waals surface area (Å²) in [7, 11) is 3.09. The maximum Gasteiger partial charge on any atom is 0.323 e. The van der Waals surface area contributed by atoms with Crippen molar-refractivity contribution in [3.63, 3.8) is 0 Å².